The largest absolute Gasteiger partial charge is 0.480 e. The SMILES string of the molecule is CC[C@H](NC(=O)c1cc(F)c(F)cc1Cl)C(=O)O. The van der Waals surface area contributed by atoms with Crippen molar-refractivity contribution in [2.75, 3.05) is 0 Å². The molecule has 1 rings (SSSR count). The van der Waals surface area contributed by atoms with Crippen molar-refractivity contribution in [1.29, 1.82) is 0 Å². The van der Waals surface area contributed by atoms with Crippen molar-refractivity contribution in [2.24, 2.45) is 0 Å². The van der Waals surface area contributed by atoms with Crippen LogP contribution in [0.25, 0.3) is 0 Å². The number of carbonyl (C=O) groups is 2. The van der Waals surface area contributed by atoms with Crippen molar-refractivity contribution in [3.8, 4) is 0 Å². The highest BCUT2D eigenvalue weighted by molar-refractivity contribution is 6.33. The lowest BCUT2D eigenvalue weighted by molar-refractivity contribution is -0.139. The summed E-state index contributed by atoms with van der Waals surface area (Å²) >= 11 is 5.59. The highest BCUT2D eigenvalue weighted by Crippen LogP contribution is 2.20. The zero-order chi connectivity index (χ0) is 13.9. The third kappa shape index (κ3) is 3.16. The predicted molar refractivity (Wildman–Crippen MR) is 60.5 cm³/mol. The van der Waals surface area contributed by atoms with E-state index in [2.05, 4.69) is 5.32 Å². The monoisotopic (exact) mass is 277 g/mol. The van der Waals surface area contributed by atoms with Gasteiger partial charge in [-0.05, 0) is 18.6 Å². The molecule has 0 fully saturated rings. The average Bonchev–Trinajstić information content (AvgIpc) is 2.29. The molecule has 18 heavy (non-hydrogen) atoms. The fraction of sp³-hybridized carbons (Fsp3) is 0.273. The molecule has 1 amide bonds. The molecule has 0 aliphatic heterocycles. The molecule has 1 aromatic carbocycles. The van der Waals surface area contributed by atoms with Gasteiger partial charge in [-0.15, -0.1) is 0 Å². The van der Waals surface area contributed by atoms with Crippen LogP contribution in [0.5, 0.6) is 0 Å². The minimum atomic E-state index is -1.23. The number of hydrogen-bond donors (Lipinski definition) is 2. The minimum absolute atomic E-state index is 0.155. The molecule has 0 radical (unpaired) electrons. The van der Waals surface area contributed by atoms with E-state index in [4.69, 9.17) is 16.7 Å². The number of carboxylic acids is 1. The quantitative estimate of drug-likeness (QED) is 0.829. The van der Waals surface area contributed by atoms with Crippen LogP contribution in [0, 0.1) is 11.6 Å². The Morgan fingerprint density at radius 1 is 1.39 bits per heavy atom. The van der Waals surface area contributed by atoms with Crippen LogP contribution < -0.4 is 5.32 Å². The standard InChI is InChI=1S/C11H10ClF2NO3/c1-2-9(11(17)18)15-10(16)5-3-7(13)8(14)4-6(5)12/h3-4,9H,2H2,1H3,(H,15,16)(H,17,18)/t9-/m0/s1. The molecule has 0 aromatic heterocycles. The Kier molecular flexibility index (Phi) is 4.61. The minimum Gasteiger partial charge on any atom is -0.480 e. The number of rotatable bonds is 4. The van der Waals surface area contributed by atoms with Crippen LogP contribution >= 0.6 is 11.6 Å². The van der Waals surface area contributed by atoms with Gasteiger partial charge < -0.3 is 10.4 Å². The molecule has 7 heteroatoms. The van der Waals surface area contributed by atoms with Crippen LogP contribution in [0.15, 0.2) is 12.1 Å². The van der Waals surface area contributed by atoms with E-state index in [0.29, 0.717) is 12.1 Å². The normalized spacial score (nSPS) is 12.0. The number of benzene rings is 1. The third-order valence-electron chi connectivity index (χ3n) is 2.27. The van der Waals surface area contributed by atoms with E-state index in [-0.39, 0.29) is 17.0 Å². The Bertz CT molecular complexity index is 493. The van der Waals surface area contributed by atoms with Crippen molar-refractivity contribution in [3.05, 3.63) is 34.4 Å². The molecule has 0 aliphatic rings. The molecule has 0 spiro atoms. The first-order valence-electron chi connectivity index (χ1n) is 5.05. The second-order valence-corrected chi connectivity index (χ2v) is 3.93. The second kappa shape index (κ2) is 5.77. The molecule has 4 nitrogen and oxygen atoms in total. The molecular weight excluding hydrogens is 268 g/mol. The van der Waals surface area contributed by atoms with Gasteiger partial charge in [-0.2, -0.15) is 0 Å². The molecular formula is C11H10ClF2NO3. The fourth-order valence-corrected chi connectivity index (χ4v) is 1.51. The van der Waals surface area contributed by atoms with Gasteiger partial charge in [0.05, 0.1) is 10.6 Å². The first kappa shape index (κ1) is 14.4. The molecule has 1 aromatic rings. The number of carbonyl (C=O) groups excluding carboxylic acids is 1. The van der Waals surface area contributed by atoms with Crippen LogP contribution in [0.3, 0.4) is 0 Å². The van der Waals surface area contributed by atoms with Gasteiger partial charge in [-0.25, -0.2) is 13.6 Å². The summed E-state index contributed by atoms with van der Waals surface area (Å²) in [5, 5.41) is 10.6. The van der Waals surface area contributed by atoms with Crippen LogP contribution in [0.2, 0.25) is 5.02 Å². The van der Waals surface area contributed by atoms with E-state index < -0.39 is 29.6 Å². The molecule has 2 N–H and O–H groups in total. The van der Waals surface area contributed by atoms with E-state index in [0.717, 1.165) is 0 Å². The predicted octanol–water partition coefficient (Wildman–Crippen LogP) is 2.21. The van der Waals surface area contributed by atoms with Crippen molar-refractivity contribution in [3.63, 3.8) is 0 Å². The van der Waals surface area contributed by atoms with Gasteiger partial charge in [0.15, 0.2) is 11.6 Å². The number of nitrogens with one attached hydrogen (secondary N) is 1. The maximum atomic E-state index is 13.0. The number of halogens is 3. The number of aliphatic carboxylic acids is 1. The van der Waals surface area contributed by atoms with Gasteiger partial charge in [-0.3, -0.25) is 4.79 Å². The Labute approximate surface area is 107 Å². The van der Waals surface area contributed by atoms with Gasteiger partial charge in [0.1, 0.15) is 6.04 Å². The van der Waals surface area contributed by atoms with Gasteiger partial charge in [0, 0.05) is 0 Å². The fourth-order valence-electron chi connectivity index (χ4n) is 1.27. The summed E-state index contributed by atoms with van der Waals surface area (Å²) < 4.78 is 25.8. The average molecular weight is 278 g/mol. The summed E-state index contributed by atoms with van der Waals surface area (Å²) in [6.07, 6.45) is 0.155. The van der Waals surface area contributed by atoms with Crippen molar-refractivity contribution in [2.45, 2.75) is 19.4 Å². The van der Waals surface area contributed by atoms with Crippen LogP contribution in [-0.4, -0.2) is 23.0 Å². The zero-order valence-electron chi connectivity index (χ0n) is 9.34. The van der Waals surface area contributed by atoms with Gasteiger partial charge in [-0.1, -0.05) is 18.5 Å². The lowest BCUT2D eigenvalue weighted by atomic mass is 10.1. The van der Waals surface area contributed by atoms with Crippen LogP contribution in [0.4, 0.5) is 8.78 Å². The molecule has 0 aliphatic carbocycles. The molecule has 0 bridgehead atoms. The van der Waals surface area contributed by atoms with Gasteiger partial charge in [0.25, 0.3) is 5.91 Å². The topological polar surface area (TPSA) is 66.4 Å². The van der Waals surface area contributed by atoms with Crippen LogP contribution in [0.1, 0.15) is 23.7 Å². The van der Waals surface area contributed by atoms with Crippen molar-refractivity contribution < 1.29 is 23.5 Å². The maximum absolute atomic E-state index is 13.0. The molecule has 1 atom stereocenters. The van der Waals surface area contributed by atoms with E-state index in [1.807, 2.05) is 0 Å². The number of hydrogen-bond acceptors (Lipinski definition) is 2. The second-order valence-electron chi connectivity index (χ2n) is 3.52. The summed E-state index contributed by atoms with van der Waals surface area (Å²) in [5.74, 6) is -4.49. The molecule has 0 heterocycles. The Morgan fingerprint density at radius 2 is 1.94 bits per heavy atom. The van der Waals surface area contributed by atoms with Crippen LogP contribution in [-0.2, 0) is 4.79 Å². The summed E-state index contributed by atoms with van der Waals surface area (Å²) in [6.45, 7) is 1.56. The highest BCUT2D eigenvalue weighted by Gasteiger charge is 2.21. The number of amides is 1. The van der Waals surface area contributed by atoms with E-state index >= 15 is 0 Å². The summed E-state index contributed by atoms with van der Waals surface area (Å²) in [4.78, 5) is 22.4. The Balaban J connectivity index is 2.97. The molecule has 0 saturated heterocycles. The number of carboxylic acid groups (broad SMARTS) is 1. The lowest BCUT2D eigenvalue weighted by Gasteiger charge is -2.13. The van der Waals surface area contributed by atoms with E-state index in [1.54, 1.807) is 6.92 Å². The summed E-state index contributed by atoms with van der Waals surface area (Å²) in [6, 6.07) is 0.177. The Morgan fingerprint density at radius 3 is 2.44 bits per heavy atom. The Hall–Kier alpha value is -1.69. The summed E-state index contributed by atoms with van der Waals surface area (Å²) in [7, 11) is 0. The zero-order valence-corrected chi connectivity index (χ0v) is 10.1. The summed E-state index contributed by atoms with van der Waals surface area (Å²) in [5.41, 5.74) is -0.310. The highest BCUT2D eigenvalue weighted by atomic mass is 35.5. The lowest BCUT2D eigenvalue weighted by Crippen LogP contribution is -2.40. The van der Waals surface area contributed by atoms with E-state index in [9.17, 15) is 18.4 Å². The van der Waals surface area contributed by atoms with Gasteiger partial charge >= 0.3 is 5.97 Å². The smallest absolute Gasteiger partial charge is 0.326 e. The van der Waals surface area contributed by atoms with Crippen molar-refractivity contribution in [1.82, 2.24) is 5.32 Å². The first-order valence-corrected chi connectivity index (χ1v) is 5.42. The molecule has 98 valence electrons. The molecule has 0 saturated carbocycles. The van der Waals surface area contributed by atoms with Gasteiger partial charge in [0.2, 0.25) is 0 Å². The first-order chi connectivity index (χ1) is 8.36. The van der Waals surface area contributed by atoms with E-state index in [1.165, 1.54) is 0 Å². The molecule has 0 unspecified atom stereocenters. The third-order valence-corrected chi connectivity index (χ3v) is 2.58. The maximum Gasteiger partial charge on any atom is 0.326 e. The van der Waals surface area contributed by atoms with Crippen molar-refractivity contribution >= 4 is 23.5 Å².